The second-order valence-electron chi connectivity index (χ2n) is 2.24. The second kappa shape index (κ2) is 4.00. The number of thiol groups is 1. The lowest BCUT2D eigenvalue weighted by molar-refractivity contribution is 0.800. The molecule has 11 heavy (non-hydrogen) atoms. The second-order valence-corrected chi connectivity index (χ2v) is 3.20. The van der Waals surface area contributed by atoms with Gasteiger partial charge in [0.2, 0.25) is 0 Å². The van der Waals surface area contributed by atoms with Crippen molar-refractivity contribution in [3.63, 3.8) is 0 Å². The third-order valence-corrected chi connectivity index (χ3v) is 2.27. The molecule has 0 bridgehead atoms. The molecule has 0 fully saturated rings. The number of hydrogen-bond donors (Lipinski definition) is 2. The van der Waals surface area contributed by atoms with Crippen molar-refractivity contribution in [2.24, 2.45) is 0 Å². The molecule has 1 N–H and O–H groups in total. The van der Waals surface area contributed by atoms with Crippen molar-refractivity contribution < 1.29 is 0 Å². The summed E-state index contributed by atoms with van der Waals surface area (Å²) in [6, 6.07) is 7.63. The number of rotatable bonds is 2. The summed E-state index contributed by atoms with van der Waals surface area (Å²) in [4.78, 5) is 0. The third kappa shape index (κ3) is 2.40. The van der Waals surface area contributed by atoms with Crippen molar-refractivity contribution in [2.45, 2.75) is 5.37 Å². The molecule has 0 aliphatic rings. The summed E-state index contributed by atoms with van der Waals surface area (Å²) in [5.74, 6) is 0. The monoisotopic (exact) mass is 187 g/mol. The minimum Gasteiger partial charge on any atom is -0.305 e. The minimum absolute atomic E-state index is 0.0901. The molecule has 1 aromatic rings. The van der Waals surface area contributed by atoms with Gasteiger partial charge in [-0.05, 0) is 24.7 Å². The maximum Gasteiger partial charge on any atom is 0.0757 e. The van der Waals surface area contributed by atoms with Crippen LogP contribution < -0.4 is 5.32 Å². The molecule has 1 atom stereocenters. The van der Waals surface area contributed by atoms with E-state index in [2.05, 4.69) is 17.9 Å². The minimum atomic E-state index is 0.0901. The first kappa shape index (κ1) is 8.91. The highest BCUT2D eigenvalue weighted by Gasteiger charge is 2.00. The van der Waals surface area contributed by atoms with Gasteiger partial charge in [-0.1, -0.05) is 23.7 Å². The van der Waals surface area contributed by atoms with Gasteiger partial charge in [-0.3, -0.25) is 0 Å². The van der Waals surface area contributed by atoms with Gasteiger partial charge >= 0.3 is 0 Å². The standard InChI is InChI=1S/C8H10ClNS/c1-10-8(11)6-2-4-7(9)5-3-6/h2-5,8,10-11H,1H3. The molecule has 0 aliphatic carbocycles. The topological polar surface area (TPSA) is 12.0 Å². The summed E-state index contributed by atoms with van der Waals surface area (Å²) in [5.41, 5.74) is 1.13. The van der Waals surface area contributed by atoms with Gasteiger partial charge in [0.25, 0.3) is 0 Å². The van der Waals surface area contributed by atoms with Gasteiger partial charge in [-0.25, -0.2) is 0 Å². The molecule has 0 heterocycles. The van der Waals surface area contributed by atoms with Crippen LogP contribution in [0.3, 0.4) is 0 Å². The zero-order valence-electron chi connectivity index (χ0n) is 6.21. The number of benzene rings is 1. The summed E-state index contributed by atoms with van der Waals surface area (Å²) >= 11 is 10.0. The van der Waals surface area contributed by atoms with Gasteiger partial charge in [0, 0.05) is 5.02 Å². The Morgan fingerprint density at radius 2 is 1.91 bits per heavy atom. The molecular formula is C8H10ClNS. The van der Waals surface area contributed by atoms with Crippen molar-refractivity contribution in [1.29, 1.82) is 0 Å². The molecule has 0 aromatic heterocycles. The lowest BCUT2D eigenvalue weighted by Gasteiger charge is -2.08. The first-order valence-electron chi connectivity index (χ1n) is 3.35. The van der Waals surface area contributed by atoms with Crippen LogP contribution in [0.5, 0.6) is 0 Å². The van der Waals surface area contributed by atoms with E-state index in [1.165, 1.54) is 0 Å². The molecule has 0 amide bonds. The smallest absolute Gasteiger partial charge is 0.0757 e. The van der Waals surface area contributed by atoms with Crippen LogP contribution >= 0.6 is 24.2 Å². The summed E-state index contributed by atoms with van der Waals surface area (Å²) in [7, 11) is 1.87. The van der Waals surface area contributed by atoms with Gasteiger partial charge in [0.15, 0.2) is 0 Å². The van der Waals surface area contributed by atoms with Gasteiger partial charge in [-0.2, -0.15) is 12.6 Å². The SMILES string of the molecule is CNC(S)c1ccc(Cl)cc1. The predicted octanol–water partition coefficient (Wildman–Crippen LogP) is 2.49. The van der Waals surface area contributed by atoms with E-state index in [0.29, 0.717) is 0 Å². The molecule has 1 unspecified atom stereocenters. The molecule has 0 saturated carbocycles. The Morgan fingerprint density at radius 3 is 2.36 bits per heavy atom. The molecular weight excluding hydrogens is 178 g/mol. The largest absolute Gasteiger partial charge is 0.305 e. The Balaban J connectivity index is 2.81. The Kier molecular flexibility index (Phi) is 3.24. The summed E-state index contributed by atoms with van der Waals surface area (Å²) in [6.45, 7) is 0. The van der Waals surface area contributed by atoms with Crippen LogP contribution in [0.15, 0.2) is 24.3 Å². The molecule has 1 rings (SSSR count). The lowest BCUT2D eigenvalue weighted by atomic mass is 10.2. The van der Waals surface area contributed by atoms with E-state index < -0.39 is 0 Å². The van der Waals surface area contributed by atoms with Gasteiger partial charge < -0.3 is 5.32 Å². The highest BCUT2D eigenvalue weighted by molar-refractivity contribution is 7.80. The molecule has 0 spiro atoms. The summed E-state index contributed by atoms with van der Waals surface area (Å²) < 4.78 is 0. The fourth-order valence-corrected chi connectivity index (χ4v) is 1.11. The first-order valence-corrected chi connectivity index (χ1v) is 4.24. The molecule has 60 valence electrons. The van der Waals surface area contributed by atoms with E-state index in [9.17, 15) is 0 Å². The Morgan fingerprint density at radius 1 is 1.36 bits per heavy atom. The Hall–Kier alpha value is -0.180. The first-order chi connectivity index (χ1) is 5.24. The van der Waals surface area contributed by atoms with Crippen LogP contribution in [0.25, 0.3) is 0 Å². The van der Waals surface area contributed by atoms with Crippen molar-refractivity contribution in [2.75, 3.05) is 7.05 Å². The lowest BCUT2D eigenvalue weighted by Crippen LogP contribution is -2.09. The van der Waals surface area contributed by atoms with E-state index in [1.807, 2.05) is 31.3 Å². The number of nitrogens with one attached hydrogen (secondary N) is 1. The third-order valence-electron chi connectivity index (χ3n) is 1.46. The van der Waals surface area contributed by atoms with Crippen LogP contribution in [0.2, 0.25) is 5.02 Å². The summed E-state index contributed by atoms with van der Waals surface area (Å²) in [5, 5.41) is 3.87. The molecule has 0 radical (unpaired) electrons. The van der Waals surface area contributed by atoms with Crippen LogP contribution in [0.1, 0.15) is 10.9 Å². The average Bonchev–Trinajstić information content (AvgIpc) is 2.05. The number of halogens is 1. The fourth-order valence-electron chi connectivity index (χ4n) is 0.812. The normalized spacial score (nSPS) is 13.0. The van der Waals surface area contributed by atoms with Crippen molar-refractivity contribution in [3.05, 3.63) is 34.9 Å². The zero-order valence-corrected chi connectivity index (χ0v) is 7.86. The van der Waals surface area contributed by atoms with Gasteiger partial charge in [0.05, 0.1) is 5.37 Å². The van der Waals surface area contributed by atoms with E-state index >= 15 is 0 Å². The Labute approximate surface area is 77.2 Å². The quantitative estimate of drug-likeness (QED) is 0.536. The Bertz CT molecular complexity index is 222. The maximum absolute atomic E-state index is 5.71. The van der Waals surface area contributed by atoms with Crippen LogP contribution in [-0.2, 0) is 0 Å². The average molecular weight is 188 g/mol. The highest BCUT2D eigenvalue weighted by atomic mass is 35.5. The fraction of sp³-hybridized carbons (Fsp3) is 0.250. The van der Waals surface area contributed by atoms with Crippen LogP contribution in [0.4, 0.5) is 0 Å². The number of hydrogen-bond acceptors (Lipinski definition) is 2. The van der Waals surface area contributed by atoms with Crippen molar-refractivity contribution in [3.8, 4) is 0 Å². The van der Waals surface area contributed by atoms with E-state index in [4.69, 9.17) is 11.6 Å². The van der Waals surface area contributed by atoms with Gasteiger partial charge in [0.1, 0.15) is 0 Å². The zero-order chi connectivity index (χ0) is 8.27. The van der Waals surface area contributed by atoms with Gasteiger partial charge in [-0.15, -0.1) is 0 Å². The molecule has 1 nitrogen and oxygen atoms in total. The highest BCUT2D eigenvalue weighted by Crippen LogP contribution is 2.18. The van der Waals surface area contributed by atoms with Crippen molar-refractivity contribution >= 4 is 24.2 Å². The van der Waals surface area contributed by atoms with E-state index in [1.54, 1.807) is 0 Å². The maximum atomic E-state index is 5.71. The molecule has 0 aliphatic heterocycles. The van der Waals surface area contributed by atoms with Crippen molar-refractivity contribution in [1.82, 2.24) is 5.32 Å². The van der Waals surface area contributed by atoms with E-state index in [-0.39, 0.29) is 5.37 Å². The molecule has 0 saturated heterocycles. The molecule has 3 heteroatoms. The summed E-state index contributed by atoms with van der Waals surface area (Å²) in [6.07, 6.45) is 0. The van der Waals surface area contributed by atoms with Crippen LogP contribution in [0, 0.1) is 0 Å². The van der Waals surface area contributed by atoms with Crippen LogP contribution in [-0.4, -0.2) is 7.05 Å². The molecule has 1 aromatic carbocycles. The predicted molar refractivity (Wildman–Crippen MR) is 52.2 cm³/mol. The van der Waals surface area contributed by atoms with E-state index in [0.717, 1.165) is 10.6 Å².